The average Bonchev–Trinajstić information content (AvgIpc) is 2.19. The summed E-state index contributed by atoms with van der Waals surface area (Å²) in [6.45, 7) is 4.26. The summed E-state index contributed by atoms with van der Waals surface area (Å²) in [5.74, 6) is 1.03. The van der Waals surface area contributed by atoms with E-state index < -0.39 is 0 Å². The van der Waals surface area contributed by atoms with Gasteiger partial charge < -0.3 is 10.4 Å². The van der Waals surface area contributed by atoms with Gasteiger partial charge in [-0.15, -0.1) is 0 Å². The van der Waals surface area contributed by atoms with Gasteiger partial charge in [-0.25, -0.2) is 9.97 Å². The monoisotopic (exact) mass is 229 g/mol. The number of aliphatic hydroxyl groups is 1. The van der Waals surface area contributed by atoms with E-state index in [0.29, 0.717) is 16.9 Å². The maximum Gasteiger partial charge on any atom is 0.171 e. The van der Waals surface area contributed by atoms with Gasteiger partial charge in [0.2, 0.25) is 0 Å². The first-order valence-corrected chi connectivity index (χ1v) is 5.35. The van der Waals surface area contributed by atoms with Crippen LogP contribution in [0.1, 0.15) is 20.3 Å². The van der Waals surface area contributed by atoms with Crippen LogP contribution in [0.2, 0.25) is 5.15 Å². The lowest BCUT2D eigenvalue weighted by Crippen LogP contribution is -2.26. The molecule has 0 spiro atoms. The number of anilines is 1. The molecule has 1 aromatic heterocycles. The smallest absolute Gasteiger partial charge is 0.171 e. The molecule has 1 aromatic rings. The van der Waals surface area contributed by atoms with Crippen molar-refractivity contribution in [2.24, 2.45) is 5.92 Å². The quantitative estimate of drug-likeness (QED) is 0.810. The topological polar surface area (TPSA) is 58.0 Å². The summed E-state index contributed by atoms with van der Waals surface area (Å²) in [5, 5.41) is 12.6. The second-order valence-electron chi connectivity index (χ2n) is 3.85. The van der Waals surface area contributed by atoms with Gasteiger partial charge in [0.15, 0.2) is 11.0 Å². The van der Waals surface area contributed by atoms with Crippen molar-refractivity contribution >= 4 is 17.4 Å². The van der Waals surface area contributed by atoms with E-state index >= 15 is 0 Å². The van der Waals surface area contributed by atoms with Gasteiger partial charge in [-0.3, -0.25) is 0 Å². The van der Waals surface area contributed by atoms with E-state index in [4.69, 9.17) is 11.6 Å². The molecule has 0 bridgehead atoms. The molecule has 1 rings (SSSR count). The van der Waals surface area contributed by atoms with Crippen LogP contribution in [-0.2, 0) is 0 Å². The molecule has 5 heteroatoms. The van der Waals surface area contributed by atoms with E-state index in [1.54, 1.807) is 6.20 Å². The van der Waals surface area contributed by atoms with Crippen LogP contribution in [0.25, 0.3) is 0 Å². The molecule has 1 atom stereocenters. The van der Waals surface area contributed by atoms with Gasteiger partial charge in [0.1, 0.15) is 0 Å². The second kappa shape index (κ2) is 5.88. The molecule has 0 saturated heterocycles. The van der Waals surface area contributed by atoms with Crippen molar-refractivity contribution < 1.29 is 5.11 Å². The van der Waals surface area contributed by atoms with Crippen LogP contribution in [-0.4, -0.2) is 27.7 Å². The Balaban J connectivity index is 2.62. The SMILES string of the molecule is CC(C)CC(CO)Nc1nccnc1Cl. The molecule has 84 valence electrons. The second-order valence-corrected chi connectivity index (χ2v) is 4.21. The average molecular weight is 230 g/mol. The van der Waals surface area contributed by atoms with Crippen LogP contribution < -0.4 is 5.32 Å². The number of nitrogens with zero attached hydrogens (tertiary/aromatic N) is 2. The van der Waals surface area contributed by atoms with Crippen LogP contribution in [0, 0.1) is 5.92 Å². The first kappa shape index (κ1) is 12.2. The maximum absolute atomic E-state index is 9.17. The Hall–Kier alpha value is -0.870. The van der Waals surface area contributed by atoms with E-state index in [0.717, 1.165) is 6.42 Å². The van der Waals surface area contributed by atoms with Gasteiger partial charge in [0.25, 0.3) is 0 Å². The lowest BCUT2D eigenvalue weighted by molar-refractivity contribution is 0.259. The molecule has 0 radical (unpaired) electrons. The fraction of sp³-hybridized carbons (Fsp3) is 0.600. The normalized spacial score (nSPS) is 12.9. The molecule has 0 aliphatic rings. The van der Waals surface area contributed by atoms with Gasteiger partial charge in [-0.2, -0.15) is 0 Å². The van der Waals surface area contributed by atoms with Crippen LogP contribution >= 0.6 is 11.6 Å². The molecule has 0 aliphatic heterocycles. The molecule has 1 unspecified atom stereocenters. The van der Waals surface area contributed by atoms with Crippen molar-refractivity contribution in [3.05, 3.63) is 17.5 Å². The number of hydrogen-bond donors (Lipinski definition) is 2. The van der Waals surface area contributed by atoms with Crippen molar-refractivity contribution in [3.8, 4) is 0 Å². The Morgan fingerprint density at radius 3 is 2.60 bits per heavy atom. The molecule has 15 heavy (non-hydrogen) atoms. The highest BCUT2D eigenvalue weighted by molar-refractivity contribution is 6.31. The van der Waals surface area contributed by atoms with E-state index in [1.807, 2.05) is 0 Å². The number of halogens is 1. The van der Waals surface area contributed by atoms with Crippen molar-refractivity contribution in [2.75, 3.05) is 11.9 Å². The molecular weight excluding hydrogens is 214 g/mol. The van der Waals surface area contributed by atoms with E-state index in [-0.39, 0.29) is 12.6 Å². The molecule has 0 fully saturated rings. The minimum absolute atomic E-state index is 0.0285. The predicted octanol–water partition coefficient (Wildman–Crippen LogP) is 1.95. The summed E-state index contributed by atoms with van der Waals surface area (Å²) < 4.78 is 0. The van der Waals surface area contributed by atoms with Crippen LogP contribution in [0.3, 0.4) is 0 Å². The Kier molecular flexibility index (Phi) is 4.78. The van der Waals surface area contributed by atoms with Crippen molar-refractivity contribution in [3.63, 3.8) is 0 Å². The highest BCUT2D eigenvalue weighted by Gasteiger charge is 2.12. The minimum atomic E-state index is -0.0285. The van der Waals surface area contributed by atoms with Crippen LogP contribution in [0.5, 0.6) is 0 Å². The fourth-order valence-electron chi connectivity index (χ4n) is 1.36. The Morgan fingerprint density at radius 2 is 2.07 bits per heavy atom. The predicted molar refractivity (Wildman–Crippen MR) is 61.0 cm³/mol. The fourth-order valence-corrected chi connectivity index (χ4v) is 1.52. The van der Waals surface area contributed by atoms with Gasteiger partial charge in [0.05, 0.1) is 12.6 Å². The molecule has 0 amide bonds. The Morgan fingerprint density at radius 1 is 1.40 bits per heavy atom. The van der Waals surface area contributed by atoms with Crippen molar-refractivity contribution in [2.45, 2.75) is 26.3 Å². The zero-order valence-electron chi connectivity index (χ0n) is 8.94. The molecular formula is C10H16ClN3O. The van der Waals surface area contributed by atoms with Crippen molar-refractivity contribution in [1.82, 2.24) is 9.97 Å². The summed E-state index contributed by atoms with van der Waals surface area (Å²) >= 11 is 5.84. The number of aliphatic hydroxyl groups excluding tert-OH is 1. The third kappa shape index (κ3) is 4.01. The molecule has 2 N–H and O–H groups in total. The third-order valence-corrected chi connectivity index (χ3v) is 2.25. The minimum Gasteiger partial charge on any atom is -0.394 e. The summed E-state index contributed by atoms with van der Waals surface area (Å²) in [7, 11) is 0. The first-order valence-electron chi connectivity index (χ1n) is 4.97. The van der Waals surface area contributed by atoms with Crippen LogP contribution in [0.15, 0.2) is 12.4 Å². The van der Waals surface area contributed by atoms with Gasteiger partial charge in [-0.1, -0.05) is 25.4 Å². The molecule has 0 saturated carbocycles. The van der Waals surface area contributed by atoms with E-state index in [1.165, 1.54) is 6.20 Å². The number of hydrogen-bond acceptors (Lipinski definition) is 4. The zero-order valence-corrected chi connectivity index (χ0v) is 9.70. The number of rotatable bonds is 5. The molecule has 0 aromatic carbocycles. The van der Waals surface area contributed by atoms with Crippen LogP contribution in [0.4, 0.5) is 5.82 Å². The highest BCUT2D eigenvalue weighted by atomic mass is 35.5. The van der Waals surface area contributed by atoms with Gasteiger partial charge >= 0.3 is 0 Å². The lowest BCUT2D eigenvalue weighted by Gasteiger charge is -2.18. The standard InChI is InChI=1S/C10H16ClN3O/c1-7(2)5-8(6-15)14-10-9(11)12-3-4-13-10/h3-4,7-8,15H,5-6H2,1-2H3,(H,13,14). The third-order valence-electron chi connectivity index (χ3n) is 1.97. The molecule has 1 heterocycles. The Labute approximate surface area is 94.7 Å². The first-order chi connectivity index (χ1) is 7.13. The lowest BCUT2D eigenvalue weighted by atomic mass is 10.0. The van der Waals surface area contributed by atoms with E-state index in [9.17, 15) is 5.11 Å². The van der Waals surface area contributed by atoms with Crippen molar-refractivity contribution in [1.29, 1.82) is 0 Å². The number of aromatic nitrogens is 2. The largest absolute Gasteiger partial charge is 0.394 e. The molecule has 0 aliphatic carbocycles. The van der Waals surface area contributed by atoms with Gasteiger partial charge in [-0.05, 0) is 12.3 Å². The summed E-state index contributed by atoms with van der Waals surface area (Å²) in [6, 6.07) is -0.0285. The summed E-state index contributed by atoms with van der Waals surface area (Å²) in [5.41, 5.74) is 0. The molecule has 4 nitrogen and oxygen atoms in total. The van der Waals surface area contributed by atoms with Gasteiger partial charge in [0, 0.05) is 12.4 Å². The summed E-state index contributed by atoms with van der Waals surface area (Å²) in [6.07, 6.45) is 3.96. The Bertz CT molecular complexity index is 306. The van der Waals surface area contributed by atoms with E-state index in [2.05, 4.69) is 29.1 Å². The zero-order chi connectivity index (χ0) is 11.3. The maximum atomic E-state index is 9.17. The summed E-state index contributed by atoms with van der Waals surface area (Å²) in [4.78, 5) is 7.96. The number of nitrogens with one attached hydrogen (secondary N) is 1. The highest BCUT2D eigenvalue weighted by Crippen LogP contribution is 2.17.